The SMILES string of the molecule is C=C/C(C)=C(\C=C)Cc1ccccc1C. The minimum Gasteiger partial charge on any atom is -0.0988 e. The molecule has 0 saturated carbocycles. The summed E-state index contributed by atoms with van der Waals surface area (Å²) in [6.45, 7) is 11.8. The third-order valence-electron chi connectivity index (χ3n) is 2.70. The summed E-state index contributed by atoms with van der Waals surface area (Å²) < 4.78 is 0. The summed E-state index contributed by atoms with van der Waals surface area (Å²) in [5, 5.41) is 0. The fraction of sp³-hybridized carbons (Fsp3) is 0.200. The molecule has 0 saturated heterocycles. The van der Waals surface area contributed by atoms with E-state index in [9.17, 15) is 0 Å². The van der Waals surface area contributed by atoms with Gasteiger partial charge in [-0.15, -0.1) is 0 Å². The molecule has 15 heavy (non-hydrogen) atoms. The van der Waals surface area contributed by atoms with Gasteiger partial charge in [0.1, 0.15) is 0 Å². The maximum atomic E-state index is 3.85. The topological polar surface area (TPSA) is 0 Å². The maximum absolute atomic E-state index is 3.85. The van der Waals surface area contributed by atoms with Crippen LogP contribution in [0.5, 0.6) is 0 Å². The molecule has 0 aliphatic heterocycles. The number of hydrogen-bond donors (Lipinski definition) is 0. The van der Waals surface area contributed by atoms with E-state index in [1.54, 1.807) is 0 Å². The lowest BCUT2D eigenvalue weighted by Gasteiger charge is -2.08. The minimum absolute atomic E-state index is 0.939. The van der Waals surface area contributed by atoms with E-state index in [4.69, 9.17) is 0 Å². The molecule has 0 aliphatic rings. The van der Waals surface area contributed by atoms with Crippen molar-refractivity contribution in [3.8, 4) is 0 Å². The predicted molar refractivity (Wildman–Crippen MR) is 68.0 cm³/mol. The van der Waals surface area contributed by atoms with Crippen molar-refractivity contribution < 1.29 is 0 Å². The number of rotatable bonds is 4. The molecular weight excluding hydrogens is 180 g/mol. The van der Waals surface area contributed by atoms with Gasteiger partial charge in [-0.1, -0.05) is 49.6 Å². The number of aryl methyl sites for hydroxylation is 1. The van der Waals surface area contributed by atoms with Gasteiger partial charge in [0, 0.05) is 0 Å². The lowest BCUT2D eigenvalue weighted by Crippen LogP contribution is -1.93. The number of benzene rings is 1. The van der Waals surface area contributed by atoms with E-state index in [1.807, 2.05) is 12.2 Å². The maximum Gasteiger partial charge on any atom is -0.00207 e. The summed E-state index contributed by atoms with van der Waals surface area (Å²) in [4.78, 5) is 0. The highest BCUT2D eigenvalue weighted by atomic mass is 14.1. The van der Waals surface area contributed by atoms with Crippen LogP contribution < -0.4 is 0 Å². The second kappa shape index (κ2) is 5.35. The first-order chi connectivity index (χ1) is 7.19. The molecule has 0 spiro atoms. The first-order valence-electron chi connectivity index (χ1n) is 5.18. The van der Waals surface area contributed by atoms with Crippen molar-refractivity contribution in [2.75, 3.05) is 0 Å². The van der Waals surface area contributed by atoms with Crippen LogP contribution >= 0.6 is 0 Å². The second-order valence-corrected chi connectivity index (χ2v) is 3.72. The normalized spacial score (nSPS) is 11.9. The highest BCUT2D eigenvalue weighted by molar-refractivity contribution is 5.37. The summed E-state index contributed by atoms with van der Waals surface area (Å²) in [6, 6.07) is 8.44. The fourth-order valence-corrected chi connectivity index (χ4v) is 1.52. The molecule has 1 aromatic rings. The molecule has 0 aliphatic carbocycles. The molecule has 78 valence electrons. The summed E-state index contributed by atoms with van der Waals surface area (Å²) >= 11 is 0. The van der Waals surface area contributed by atoms with Crippen LogP contribution in [0, 0.1) is 6.92 Å². The molecule has 0 heterocycles. The molecule has 0 N–H and O–H groups in total. The Labute approximate surface area is 92.6 Å². The Hall–Kier alpha value is -1.56. The van der Waals surface area contributed by atoms with Crippen LogP contribution in [0.2, 0.25) is 0 Å². The van der Waals surface area contributed by atoms with Gasteiger partial charge in [0.2, 0.25) is 0 Å². The second-order valence-electron chi connectivity index (χ2n) is 3.72. The van der Waals surface area contributed by atoms with E-state index in [-0.39, 0.29) is 0 Å². The summed E-state index contributed by atoms with van der Waals surface area (Å²) in [5.41, 5.74) is 5.13. The zero-order chi connectivity index (χ0) is 11.3. The van der Waals surface area contributed by atoms with Crippen molar-refractivity contribution in [1.82, 2.24) is 0 Å². The van der Waals surface area contributed by atoms with Crippen molar-refractivity contribution >= 4 is 0 Å². The highest BCUT2D eigenvalue weighted by Gasteiger charge is 2.01. The monoisotopic (exact) mass is 198 g/mol. The van der Waals surface area contributed by atoms with Crippen molar-refractivity contribution in [2.45, 2.75) is 20.3 Å². The Bertz CT molecular complexity index is 394. The Kier molecular flexibility index (Phi) is 4.11. The summed E-state index contributed by atoms with van der Waals surface area (Å²) in [7, 11) is 0. The highest BCUT2D eigenvalue weighted by Crippen LogP contribution is 2.16. The van der Waals surface area contributed by atoms with Crippen LogP contribution in [0.1, 0.15) is 18.1 Å². The lowest BCUT2D eigenvalue weighted by atomic mass is 9.97. The average molecular weight is 198 g/mol. The van der Waals surface area contributed by atoms with Crippen molar-refractivity contribution in [2.24, 2.45) is 0 Å². The summed E-state index contributed by atoms with van der Waals surface area (Å²) in [5.74, 6) is 0. The van der Waals surface area contributed by atoms with Gasteiger partial charge in [-0.25, -0.2) is 0 Å². The van der Waals surface area contributed by atoms with Crippen LogP contribution in [0.3, 0.4) is 0 Å². The van der Waals surface area contributed by atoms with Gasteiger partial charge in [0.15, 0.2) is 0 Å². The quantitative estimate of drug-likeness (QED) is 0.635. The molecule has 0 bridgehead atoms. The van der Waals surface area contributed by atoms with Crippen LogP contribution in [0.4, 0.5) is 0 Å². The van der Waals surface area contributed by atoms with Gasteiger partial charge in [-0.2, -0.15) is 0 Å². The number of allylic oxidation sites excluding steroid dienone is 4. The smallest absolute Gasteiger partial charge is 0.00207 e. The van der Waals surface area contributed by atoms with E-state index in [0.29, 0.717) is 0 Å². The lowest BCUT2D eigenvalue weighted by molar-refractivity contribution is 1.13. The van der Waals surface area contributed by atoms with E-state index in [0.717, 1.165) is 6.42 Å². The van der Waals surface area contributed by atoms with Crippen LogP contribution in [-0.2, 0) is 6.42 Å². The van der Waals surface area contributed by atoms with Gasteiger partial charge in [-0.05, 0) is 42.5 Å². The molecule has 0 heteroatoms. The first kappa shape index (κ1) is 11.5. The molecule has 0 unspecified atom stereocenters. The van der Waals surface area contributed by atoms with Gasteiger partial charge in [-0.3, -0.25) is 0 Å². The third kappa shape index (κ3) is 2.95. The Morgan fingerprint density at radius 2 is 1.87 bits per heavy atom. The minimum atomic E-state index is 0.939. The zero-order valence-corrected chi connectivity index (χ0v) is 9.59. The van der Waals surface area contributed by atoms with E-state index >= 15 is 0 Å². The van der Waals surface area contributed by atoms with Crippen molar-refractivity contribution in [3.05, 3.63) is 71.8 Å². The summed E-state index contributed by atoms with van der Waals surface area (Å²) in [6.07, 6.45) is 4.74. The van der Waals surface area contributed by atoms with Gasteiger partial charge >= 0.3 is 0 Å². The van der Waals surface area contributed by atoms with Gasteiger partial charge in [0.25, 0.3) is 0 Å². The number of hydrogen-bond acceptors (Lipinski definition) is 0. The molecule has 0 radical (unpaired) electrons. The van der Waals surface area contributed by atoms with Crippen LogP contribution in [-0.4, -0.2) is 0 Å². The van der Waals surface area contributed by atoms with E-state index in [1.165, 1.54) is 22.3 Å². The van der Waals surface area contributed by atoms with E-state index in [2.05, 4.69) is 51.3 Å². The Morgan fingerprint density at radius 3 is 2.40 bits per heavy atom. The van der Waals surface area contributed by atoms with Crippen LogP contribution in [0.15, 0.2) is 60.7 Å². The van der Waals surface area contributed by atoms with E-state index < -0.39 is 0 Å². The Morgan fingerprint density at radius 1 is 1.20 bits per heavy atom. The molecular formula is C15H18. The molecule has 0 amide bonds. The largest absolute Gasteiger partial charge is 0.0988 e. The fourth-order valence-electron chi connectivity index (χ4n) is 1.52. The molecule has 1 aromatic carbocycles. The van der Waals surface area contributed by atoms with Crippen LogP contribution in [0.25, 0.3) is 0 Å². The van der Waals surface area contributed by atoms with Gasteiger partial charge < -0.3 is 0 Å². The molecule has 0 nitrogen and oxygen atoms in total. The molecule has 0 fully saturated rings. The van der Waals surface area contributed by atoms with Crippen molar-refractivity contribution in [3.63, 3.8) is 0 Å². The predicted octanol–water partition coefficient (Wildman–Crippen LogP) is 4.23. The molecule has 0 aromatic heterocycles. The molecule has 1 rings (SSSR count). The Balaban J connectivity index is 2.99. The average Bonchev–Trinajstić information content (AvgIpc) is 2.27. The zero-order valence-electron chi connectivity index (χ0n) is 9.59. The molecule has 0 atom stereocenters. The van der Waals surface area contributed by atoms with Crippen molar-refractivity contribution in [1.29, 1.82) is 0 Å². The standard InChI is InChI=1S/C15H18/c1-5-12(3)14(6-2)11-15-10-8-7-9-13(15)4/h5-10H,1-2,11H2,3-4H3/b14-12+. The third-order valence-corrected chi connectivity index (χ3v) is 2.70. The first-order valence-corrected chi connectivity index (χ1v) is 5.18. The van der Waals surface area contributed by atoms with Gasteiger partial charge in [0.05, 0.1) is 0 Å².